The summed E-state index contributed by atoms with van der Waals surface area (Å²) in [6.45, 7) is 0. The summed E-state index contributed by atoms with van der Waals surface area (Å²) in [6.07, 6.45) is 5.52. The third-order valence-corrected chi connectivity index (χ3v) is 1.91. The van der Waals surface area contributed by atoms with Crippen molar-refractivity contribution in [3.8, 4) is 0 Å². The highest BCUT2D eigenvalue weighted by molar-refractivity contribution is 6.37. The van der Waals surface area contributed by atoms with Crippen LogP contribution in [0.2, 0.25) is 10.0 Å². The molecule has 13 heavy (non-hydrogen) atoms. The molecule has 1 aromatic heterocycles. The number of primary amides is 1. The second-order valence-corrected chi connectivity index (χ2v) is 3.07. The Balaban J connectivity index is 3.06. The number of hydrogen-bond acceptors (Lipinski definition) is 2. The van der Waals surface area contributed by atoms with Gasteiger partial charge in [-0.15, -0.1) is 0 Å². The van der Waals surface area contributed by atoms with E-state index >= 15 is 0 Å². The van der Waals surface area contributed by atoms with Crippen LogP contribution in [0.4, 0.5) is 0 Å². The van der Waals surface area contributed by atoms with Crippen molar-refractivity contribution in [1.82, 2.24) is 4.98 Å². The smallest absolute Gasteiger partial charge is 0.241 e. The van der Waals surface area contributed by atoms with Crippen LogP contribution in [-0.4, -0.2) is 10.9 Å². The van der Waals surface area contributed by atoms with E-state index in [0.29, 0.717) is 15.6 Å². The van der Waals surface area contributed by atoms with Crippen LogP contribution >= 0.6 is 23.2 Å². The summed E-state index contributed by atoms with van der Waals surface area (Å²) in [7, 11) is 0. The van der Waals surface area contributed by atoms with Gasteiger partial charge in [-0.2, -0.15) is 0 Å². The fourth-order valence-corrected chi connectivity index (χ4v) is 1.24. The lowest BCUT2D eigenvalue weighted by Crippen LogP contribution is -2.05. The van der Waals surface area contributed by atoms with Crippen molar-refractivity contribution in [3.63, 3.8) is 0 Å². The van der Waals surface area contributed by atoms with E-state index in [4.69, 9.17) is 28.9 Å². The Bertz CT molecular complexity index is 343. The Morgan fingerprint density at radius 2 is 1.92 bits per heavy atom. The highest BCUT2D eigenvalue weighted by atomic mass is 35.5. The molecule has 1 aromatic rings. The van der Waals surface area contributed by atoms with Crippen LogP contribution in [-0.2, 0) is 4.79 Å². The number of nitrogens with zero attached hydrogens (tertiary/aromatic N) is 1. The van der Waals surface area contributed by atoms with Crippen molar-refractivity contribution in [2.24, 2.45) is 5.73 Å². The third-order valence-electron chi connectivity index (χ3n) is 1.30. The van der Waals surface area contributed by atoms with Crippen molar-refractivity contribution in [2.75, 3.05) is 0 Å². The Morgan fingerprint density at radius 1 is 1.38 bits per heavy atom. The molecule has 0 atom stereocenters. The Morgan fingerprint density at radius 3 is 2.38 bits per heavy atom. The number of aromatic nitrogens is 1. The molecule has 0 aliphatic carbocycles. The molecule has 0 unspecified atom stereocenters. The van der Waals surface area contributed by atoms with Gasteiger partial charge < -0.3 is 5.73 Å². The van der Waals surface area contributed by atoms with E-state index in [1.54, 1.807) is 0 Å². The predicted octanol–water partition coefficient (Wildman–Crippen LogP) is 1.89. The zero-order valence-electron chi connectivity index (χ0n) is 6.50. The summed E-state index contributed by atoms with van der Waals surface area (Å²) in [5, 5.41) is 0.759. The van der Waals surface area contributed by atoms with Crippen molar-refractivity contribution in [2.45, 2.75) is 0 Å². The van der Waals surface area contributed by atoms with E-state index in [-0.39, 0.29) is 0 Å². The highest BCUT2D eigenvalue weighted by Crippen LogP contribution is 2.23. The number of nitrogens with two attached hydrogens (primary N) is 1. The number of carbonyl (C=O) groups is 1. The fraction of sp³-hybridized carbons (Fsp3) is 0. The first-order chi connectivity index (χ1) is 6.11. The van der Waals surface area contributed by atoms with Crippen LogP contribution in [0.5, 0.6) is 0 Å². The standard InChI is InChI=1S/C8H6Cl2N2O/c9-6-3-12-4-7(10)5(6)1-2-8(11)13/h1-4H,(H2,11,13). The van der Waals surface area contributed by atoms with E-state index in [1.807, 2.05) is 0 Å². The van der Waals surface area contributed by atoms with Gasteiger partial charge in [0.15, 0.2) is 0 Å². The molecule has 3 nitrogen and oxygen atoms in total. The molecule has 0 aliphatic heterocycles. The van der Waals surface area contributed by atoms with Crippen LogP contribution in [0.25, 0.3) is 6.08 Å². The quantitative estimate of drug-likeness (QED) is 0.769. The minimum atomic E-state index is -0.552. The summed E-state index contributed by atoms with van der Waals surface area (Å²) in [5.74, 6) is -0.552. The highest BCUT2D eigenvalue weighted by Gasteiger charge is 2.01. The molecule has 1 amide bonds. The number of amides is 1. The Labute approximate surface area is 85.2 Å². The maximum absolute atomic E-state index is 10.4. The van der Waals surface area contributed by atoms with Crippen LogP contribution < -0.4 is 5.73 Å². The molecule has 5 heteroatoms. The van der Waals surface area contributed by atoms with E-state index in [9.17, 15) is 4.79 Å². The Hall–Kier alpha value is -1.06. The second kappa shape index (κ2) is 4.25. The SMILES string of the molecule is NC(=O)C=Cc1c(Cl)cncc1Cl. The van der Waals surface area contributed by atoms with Gasteiger partial charge in [-0.05, 0) is 6.08 Å². The monoisotopic (exact) mass is 216 g/mol. The summed E-state index contributed by atoms with van der Waals surface area (Å²) in [6, 6.07) is 0. The van der Waals surface area contributed by atoms with E-state index in [0.717, 1.165) is 0 Å². The maximum atomic E-state index is 10.4. The van der Waals surface area contributed by atoms with Crippen LogP contribution in [0.15, 0.2) is 18.5 Å². The molecular weight excluding hydrogens is 211 g/mol. The average molecular weight is 217 g/mol. The first-order valence-corrected chi connectivity index (χ1v) is 4.13. The van der Waals surface area contributed by atoms with Crippen LogP contribution in [0.3, 0.4) is 0 Å². The first-order valence-electron chi connectivity index (χ1n) is 3.38. The van der Waals surface area contributed by atoms with Gasteiger partial charge in [0.2, 0.25) is 5.91 Å². The molecule has 0 saturated heterocycles. The van der Waals surface area contributed by atoms with Gasteiger partial charge in [0.05, 0.1) is 10.0 Å². The number of rotatable bonds is 2. The number of halogens is 2. The molecule has 0 fully saturated rings. The molecular formula is C8H6Cl2N2O. The van der Waals surface area contributed by atoms with Crippen molar-refractivity contribution >= 4 is 35.2 Å². The van der Waals surface area contributed by atoms with E-state index in [1.165, 1.54) is 24.5 Å². The fourth-order valence-electron chi connectivity index (χ4n) is 0.746. The molecule has 0 aliphatic rings. The van der Waals surface area contributed by atoms with Crippen molar-refractivity contribution < 1.29 is 4.79 Å². The number of pyridine rings is 1. The molecule has 0 saturated carbocycles. The lowest BCUT2D eigenvalue weighted by Gasteiger charge is -1.98. The minimum absolute atomic E-state index is 0.380. The molecule has 1 heterocycles. The van der Waals surface area contributed by atoms with Crippen LogP contribution in [0.1, 0.15) is 5.56 Å². The van der Waals surface area contributed by atoms with Gasteiger partial charge in [-0.25, -0.2) is 0 Å². The van der Waals surface area contributed by atoms with Gasteiger partial charge in [0.25, 0.3) is 0 Å². The lowest BCUT2D eigenvalue weighted by atomic mass is 10.2. The van der Waals surface area contributed by atoms with E-state index < -0.39 is 5.91 Å². The predicted molar refractivity (Wildman–Crippen MR) is 52.5 cm³/mol. The van der Waals surface area contributed by atoms with Gasteiger partial charge in [-0.1, -0.05) is 23.2 Å². The first kappa shape index (κ1) is 10.0. The maximum Gasteiger partial charge on any atom is 0.241 e. The Kier molecular flexibility index (Phi) is 3.28. The molecule has 68 valence electrons. The largest absolute Gasteiger partial charge is 0.366 e. The third kappa shape index (κ3) is 2.72. The van der Waals surface area contributed by atoms with Gasteiger partial charge in [-0.3, -0.25) is 9.78 Å². The lowest BCUT2D eigenvalue weighted by molar-refractivity contribution is -0.113. The van der Waals surface area contributed by atoms with E-state index in [2.05, 4.69) is 4.98 Å². The average Bonchev–Trinajstić information content (AvgIpc) is 2.03. The molecule has 2 N–H and O–H groups in total. The van der Waals surface area contributed by atoms with Crippen molar-refractivity contribution in [3.05, 3.63) is 34.1 Å². The number of hydrogen-bond donors (Lipinski definition) is 1. The molecule has 1 rings (SSSR count). The van der Waals surface area contributed by atoms with Gasteiger partial charge >= 0.3 is 0 Å². The molecule has 0 bridgehead atoms. The zero-order valence-corrected chi connectivity index (χ0v) is 8.01. The van der Waals surface area contributed by atoms with Crippen molar-refractivity contribution in [1.29, 1.82) is 0 Å². The summed E-state index contributed by atoms with van der Waals surface area (Å²) >= 11 is 11.5. The number of carbonyl (C=O) groups excluding carboxylic acids is 1. The summed E-state index contributed by atoms with van der Waals surface area (Å²) in [4.78, 5) is 14.2. The topological polar surface area (TPSA) is 56.0 Å². The minimum Gasteiger partial charge on any atom is -0.366 e. The zero-order chi connectivity index (χ0) is 9.84. The molecule has 0 radical (unpaired) electrons. The molecule has 0 spiro atoms. The summed E-state index contributed by atoms with van der Waals surface area (Å²) < 4.78 is 0. The second-order valence-electron chi connectivity index (χ2n) is 2.25. The van der Waals surface area contributed by atoms with Crippen LogP contribution in [0, 0.1) is 0 Å². The van der Waals surface area contributed by atoms with Gasteiger partial charge in [0.1, 0.15) is 0 Å². The summed E-state index contributed by atoms with van der Waals surface area (Å²) in [5.41, 5.74) is 5.45. The molecule has 0 aromatic carbocycles. The normalized spacial score (nSPS) is 10.6. The van der Waals surface area contributed by atoms with Gasteiger partial charge in [0, 0.05) is 24.0 Å².